The van der Waals surface area contributed by atoms with Gasteiger partial charge in [-0.05, 0) is 6.92 Å². The second-order valence-corrected chi connectivity index (χ2v) is 1.02. The highest BCUT2D eigenvalue weighted by molar-refractivity contribution is 4.33. The molecule has 0 radical (unpaired) electrons. The normalized spacial score (nSPS) is 17.6. The molecule has 1 unspecified atom stereocenters. The molecule has 0 aliphatic rings. The van der Waals surface area contributed by atoms with Gasteiger partial charge in [-0.25, -0.2) is 0 Å². The Morgan fingerprint density at radius 1 is 2.20 bits per heavy atom. The molecule has 0 rings (SSSR count). The van der Waals surface area contributed by atoms with Crippen molar-refractivity contribution in [3.63, 3.8) is 0 Å². The zero-order valence-corrected chi connectivity index (χ0v) is 3.14. The van der Waals surface area contributed by atoms with Crippen molar-refractivity contribution in [1.29, 1.82) is 1.43 Å². The summed E-state index contributed by atoms with van der Waals surface area (Å²) in [6, 6.07) is 0. The van der Waals surface area contributed by atoms with Crippen LogP contribution in [-0.2, 0) is 0 Å². The van der Waals surface area contributed by atoms with E-state index in [4.69, 9.17) is 6.54 Å². The minimum Gasteiger partial charge on any atom is -0.394 e. The average molecular weight is 78.1 g/mol. The van der Waals surface area contributed by atoms with Crippen LogP contribution in [-0.4, -0.2) is 24.4 Å². The van der Waals surface area contributed by atoms with Crippen molar-refractivity contribution in [2.45, 2.75) is 13.0 Å². The van der Waals surface area contributed by atoms with Crippen molar-refractivity contribution in [1.82, 2.24) is 0 Å². The maximum Gasteiger partial charge on any atom is 0.210 e. The standard InChI is InChI=1S/C3H8O2/c1-3(5)2-4/h3-5H,2H2,1H3/i4T. The molecule has 0 aliphatic carbocycles. The fourth-order valence-electron chi connectivity index (χ4n) is 0. The summed E-state index contributed by atoms with van der Waals surface area (Å²) in [6.45, 7) is 1.66. The Kier molecular flexibility index (Phi) is 1.36. The highest BCUT2D eigenvalue weighted by Crippen LogP contribution is 1.68. The van der Waals surface area contributed by atoms with Crippen molar-refractivity contribution >= 4 is 0 Å². The van der Waals surface area contributed by atoms with Crippen LogP contribution in [0.3, 0.4) is 0 Å². The Labute approximate surface area is 32.5 Å². The first-order valence-corrected chi connectivity index (χ1v) is 1.53. The number of aliphatic hydroxyl groups is 2. The van der Waals surface area contributed by atoms with Crippen LogP contribution in [0.5, 0.6) is 0 Å². The molecule has 0 fully saturated rings. The summed E-state index contributed by atoms with van der Waals surface area (Å²) in [5.41, 5.74) is 0. The lowest BCUT2D eigenvalue weighted by atomic mass is 10.5. The molecule has 0 amide bonds. The predicted octanol–water partition coefficient (Wildman–Crippen LogP) is -0.641. The summed E-state index contributed by atoms with van der Waals surface area (Å²) in [5, 5.41) is 12.1. The van der Waals surface area contributed by atoms with Gasteiger partial charge in [0.05, 0.1) is 12.7 Å². The van der Waals surface area contributed by atoms with E-state index in [0.29, 0.717) is 0 Å². The molecule has 0 spiro atoms. The lowest BCUT2D eigenvalue weighted by molar-refractivity contribution is 0.110. The lowest BCUT2D eigenvalue weighted by Gasteiger charge is -1.90. The van der Waals surface area contributed by atoms with E-state index in [1.165, 1.54) is 0 Å². The topological polar surface area (TPSA) is 40.5 Å². The number of hydrogen-bond donors (Lipinski definition) is 2. The highest BCUT2D eigenvalue weighted by Gasteiger charge is 1.83. The second kappa shape index (κ2) is 2.18. The fourth-order valence-corrected chi connectivity index (χ4v) is 0. The SMILES string of the molecule is [3H]OCC(C)O. The molecular weight excluding hydrogens is 68.0 g/mol. The molecule has 0 bridgehead atoms. The molecule has 2 nitrogen and oxygen atoms in total. The Balaban J connectivity index is 2.63. The zero-order chi connectivity index (χ0) is 4.99. The average Bonchev–Trinajstić information content (AvgIpc) is 1.35. The summed E-state index contributed by atoms with van der Waals surface area (Å²) in [5.74, 6) is 0. The minimum atomic E-state index is -0.512. The molecule has 0 aliphatic heterocycles. The largest absolute Gasteiger partial charge is 0.394 e. The molecule has 1 atom stereocenters. The predicted molar refractivity (Wildman–Crippen MR) is 18.8 cm³/mol. The molecule has 0 aromatic heterocycles. The van der Waals surface area contributed by atoms with Crippen molar-refractivity contribution in [3.8, 4) is 0 Å². The lowest BCUT2D eigenvalue weighted by Crippen LogP contribution is -2.03. The molecule has 0 heterocycles. The molecule has 0 saturated carbocycles. The Morgan fingerprint density at radius 3 is 2.80 bits per heavy atom. The summed E-state index contributed by atoms with van der Waals surface area (Å²) < 4.78 is 6.07. The van der Waals surface area contributed by atoms with E-state index < -0.39 is 6.10 Å². The van der Waals surface area contributed by atoms with Crippen LogP contribution in [0.25, 0.3) is 0 Å². The molecule has 2 N–H and O–H groups in total. The third kappa shape index (κ3) is 3.92. The number of hydrogen-bond acceptors (Lipinski definition) is 2. The first-order chi connectivity index (χ1) is 2.77. The van der Waals surface area contributed by atoms with Gasteiger partial charge in [-0.3, -0.25) is 0 Å². The van der Waals surface area contributed by atoms with Crippen molar-refractivity contribution in [2.75, 3.05) is 6.61 Å². The van der Waals surface area contributed by atoms with Crippen molar-refractivity contribution in [2.24, 2.45) is 0 Å². The summed E-state index contributed by atoms with van der Waals surface area (Å²) in [6.07, 6.45) is -0.512. The number of rotatable bonds is 2. The van der Waals surface area contributed by atoms with Crippen LogP contribution in [0.4, 0.5) is 0 Å². The monoisotopic (exact) mass is 78.1 g/mol. The maximum atomic E-state index is 8.31. The van der Waals surface area contributed by atoms with Gasteiger partial charge < -0.3 is 10.2 Å². The van der Waals surface area contributed by atoms with Crippen LogP contribution in [0.1, 0.15) is 6.92 Å². The van der Waals surface area contributed by atoms with Crippen LogP contribution in [0.2, 0.25) is 0 Å². The van der Waals surface area contributed by atoms with Gasteiger partial charge in [-0.15, -0.1) is 0 Å². The van der Waals surface area contributed by atoms with Crippen molar-refractivity contribution in [3.05, 3.63) is 0 Å². The van der Waals surface area contributed by atoms with Gasteiger partial charge in [0, 0.05) is 0 Å². The van der Waals surface area contributed by atoms with E-state index in [0.717, 1.165) is 0 Å². The molecule has 0 aromatic carbocycles. The smallest absolute Gasteiger partial charge is 0.210 e. The molecule has 0 aromatic rings. The molecule has 0 saturated heterocycles. The van der Waals surface area contributed by atoms with Gasteiger partial charge >= 0.3 is 0 Å². The minimum absolute atomic E-state index is 0.0972. The fraction of sp³-hybridized carbons (Fsp3) is 1.00. The van der Waals surface area contributed by atoms with Gasteiger partial charge in [0.2, 0.25) is 1.43 Å². The Bertz CT molecular complexity index is 30.0. The van der Waals surface area contributed by atoms with Gasteiger partial charge in [0.1, 0.15) is 0 Å². The quantitative estimate of drug-likeness (QED) is 0.461. The van der Waals surface area contributed by atoms with E-state index in [-0.39, 0.29) is 6.61 Å². The van der Waals surface area contributed by atoms with Gasteiger partial charge in [-0.1, -0.05) is 0 Å². The molecule has 32 valence electrons. The first-order valence-electron chi connectivity index (χ1n) is 1.94. The van der Waals surface area contributed by atoms with E-state index >= 15 is 0 Å². The van der Waals surface area contributed by atoms with E-state index in [1.807, 2.05) is 0 Å². The van der Waals surface area contributed by atoms with Crippen LogP contribution < -0.4 is 0 Å². The van der Waals surface area contributed by atoms with E-state index in [2.05, 4.69) is 5.11 Å². The third-order valence-corrected chi connectivity index (χ3v) is 0.241. The maximum absolute atomic E-state index is 8.31. The van der Waals surface area contributed by atoms with E-state index in [9.17, 15) is 0 Å². The van der Waals surface area contributed by atoms with Gasteiger partial charge in [0.15, 0.2) is 0 Å². The van der Waals surface area contributed by atoms with Gasteiger partial charge in [0.25, 0.3) is 0 Å². The van der Waals surface area contributed by atoms with Crippen LogP contribution in [0, 0.1) is 0 Å². The summed E-state index contributed by atoms with van der Waals surface area (Å²) >= 11 is 0. The summed E-state index contributed by atoms with van der Waals surface area (Å²) in [4.78, 5) is 0. The summed E-state index contributed by atoms with van der Waals surface area (Å²) in [7, 11) is 0. The van der Waals surface area contributed by atoms with Crippen molar-refractivity contribution < 1.29 is 10.2 Å². The Hall–Kier alpha value is -0.0800. The van der Waals surface area contributed by atoms with Crippen LogP contribution >= 0.6 is 0 Å². The Morgan fingerprint density at radius 2 is 2.80 bits per heavy atom. The molecule has 5 heavy (non-hydrogen) atoms. The molecular formula is C3H8O2. The highest BCUT2D eigenvalue weighted by atomic mass is 16.3. The first kappa shape index (κ1) is 3.12. The second-order valence-electron chi connectivity index (χ2n) is 1.02. The third-order valence-electron chi connectivity index (χ3n) is 0.241. The van der Waals surface area contributed by atoms with E-state index in [1.54, 1.807) is 6.92 Å². The number of aliphatic hydroxyl groups excluding tert-OH is 2. The van der Waals surface area contributed by atoms with Gasteiger partial charge in [-0.2, -0.15) is 0 Å². The zero-order valence-electron chi connectivity index (χ0n) is 4.14. The molecule has 2 heteroatoms. The van der Waals surface area contributed by atoms with Crippen LogP contribution in [0.15, 0.2) is 0 Å².